The summed E-state index contributed by atoms with van der Waals surface area (Å²) in [6, 6.07) is 7.84. The number of nitrogens with zero attached hydrogens (tertiary/aromatic N) is 3. The Bertz CT molecular complexity index is 1080. The fraction of sp³-hybridized carbons (Fsp3) is 0.400. The zero-order valence-corrected chi connectivity index (χ0v) is 15.9. The molecule has 1 atom stereocenters. The Balaban J connectivity index is 1.85. The van der Waals surface area contributed by atoms with Crippen molar-refractivity contribution in [3.8, 4) is 11.4 Å². The molecule has 3 heterocycles. The molecule has 1 aliphatic heterocycles. The van der Waals surface area contributed by atoms with Crippen molar-refractivity contribution in [3.63, 3.8) is 0 Å². The number of hydrogen-bond donors (Lipinski definition) is 2. The molecule has 1 fully saturated rings. The number of aromatic nitrogens is 4. The summed E-state index contributed by atoms with van der Waals surface area (Å²) < 4.78 is 7.16. The molecule has 4 rings (SSSR count). The topological polar surface area (TPSA) is 116 Å². The van der Waals surface area contributed by atoms with E-state index in [9.17, 15) is 9.59 Å². The zero-order chi connectivity index (χ0) is 19.8. The minimum Gasteiger partial charge on any atom is -0.376 e. The molecule has 0 spiro atoms. The number of hydrogen-bond acceptors (Lipinski definition) is 5. The number of fused-ring (bicyclic) bond motifs is 1. The van der Waals surface area contributed by atoms with Crippen molar-refractivity contribution in [2.75, 3.05) is 6.61 Å². The van der Waals surface area contributed by atoms with Gasteiger partial charge in [-0.15, -0.1) is 0 Å². The monoisotopic (exact) mass is 381 g/mol. The highest BCUT2D eigenvalue weighted by Crippen LogP contribution is 2.23. The Hall–Kier alpha value is -3.00. The molecule has 3 aromatic rings. The molecule has 8 heteroatoms. The maximum atomic E-state index is 12.5. The van der Waals surface area contributed by atoms with Gasteiger partial charge < -0.3 is 15.5 Å². The molecule has 1 aromatic carbocycles. The number of primary amides is 1. The number of H-pyrrole nitrogens is 1. The summed E-state index contributed by atoms with van der Waals surface area (Å²) >= 11 is 0. The Morgan fingerprint density at radius 3 is 2.68 bits per heavy atom. The van der Waals surface area contributed by atoms with Crippen LogP contribution in [0.2, 0.25) is 0 Å². The van der Waals surface area contributed by atoms with Gasteiger partial charge in [-0.25, -0.2) is 14.8 Å². The first-order chi connectivity index (χ1) is 13.4. The lowest BCUT2D eigenvalue weighted by Gasteiger charge is -2.11. The van der Waals surface area contributed by atoms with Crippen molar-refractivity contribution in [1.82, 2.24) is 19.5 Å². The molecule has 3 N–H and O–H groups in total. The van der Waals surface area contributed by atoms with Gasteiger partial charge >= 0.3 is 5.69 Å². The Morgan fingerprint density at radius 2 is 2.07 bits per heavy atom. The minimum absolute atomic E-state index is 0.0103. The predicted molar refractivity (Wildman–Crippen MR) is 105 cm³/mol. The van der Waals surface area contributed by atoms with Crippen LogP contribution in [-0.2, 0) is 11.3 Å². The lowest BCUT2D eigenvalue weighted by atomic mass is 10.0. The highest BCUT2D eigenvalue weighted by atomic mass is 16.5. The summed E-state index contributed by atoms with van der Waals surface area (Å²) in [5.41, 5.74) is 7.76. The largest absolute Gasteiger partial charge is 0.376 e. The molecule has 1 amide bonds. The van der Waals surface area contributed by atoms with Crippen LogP contribution < -0.4 is 11.4 Å². The quantitative estimate of drug-likeness (QED) is 0.703. The fourth-order valence-corrected chi connectivity index (χ4v) is 3.52. The van der Waals surface area contributed by atoms with Crippen LogP contribution in [-0.4, -0.2) is 38.1 Å². The molecule has 0 aliphatic carbocycles. The molecule has 8 nitrogen and oxygen atoms in total. The lowest BCUT2D eigenvalue weighted by Crippen LogP contribution is -2.24. The van der Waals surface area contributed by atoms with Crippen LogP contribution in [0.3, 0.4) is 0 Å². The number of imidazole rings is 1. The minimum atomic E-state index is -0.710. The van der Waals surface area contributed by atoms with Gasteiger partial charge in [0.1, 0.15) is 5.52 Å². The highest BCUT2D eigenvalue weighted by molar-refractivity contribution is 6.01. The van der Waals surface area contributed by atoms with Gasteiger partial charge in [0.15, 0.2) is 17.2 Å². The van der Waals surface area contributed by atoms with Crippen molar-refractivity contribution >= 4 is 17.1 Å². The van der Waals surface area contributed by atoms with Crippen LogP contribution in [0.15, 0.2) is 29.1 Å². The lowest BCUT2D eigenvalue weighted by molar-refractivity contribution is 0.0970. The van der Waals surface area contributed by atoms with Gasteiger partial charge in [-0.05, 0) is 24.3 Å². The molecule has 0 radical (unpaired) electrons. The predicted octanol–water partition coefficient (Wildman–Crippen LogP) is 2.19. The van der Waals surface area contributed by atoms with E-state index < -0.39 is 5.91 Å². The Kier molecular flexibility index (Phi) is 4.72. The van der Waals surface area contributed by atoms with E-state index in [1.54, 1.807) is 0 Å². The summed E-state index contributed by atoms with van der Waals surface area (Å²) in [6.07, 6.45) is 1.81. The Labute approximate surface area is 161 Å². The van der Waals surface area contributed by atoms with Gasteiger partial charge in [-0.2, -0.15) is 0 Å². The van der Waals surface area contributed by atoms with Gasteiger partial charge in [0, 0.05) is 12.2 Å². The number of nitrogens with one attached hydrogen (secondary N) is 1. The standard InChI is InChI=1S/C20H23N5O3/c1-11(2)12-5-7-13(8-6-12)18-22-15(17(21)26)16-19(24-18)25(20(27)23-16)10-14-4-3-9-28-14/h5-8,11,14H,3-4,9-10H2,1-2H3,(H2,21,26)(H,23,27). The van der Waals surface area contributed by atoms with Crippen LogP contribution in [0.1, 0.15) is 48.7 Å². The van der Waals surface area contributed by atoms with Crippen LogP contribution in [0.5, 0.6) is 0 Å². The van der Waals surface area contributed by atoms with Crippen molar-refractivity contribution in [2.24, 2.45) is 5.73 Å². The first kappa shape index (κ1) is 18.4. The summed E-state index contributed by atoms with van der Waals surface area (Å²) in [4.78, 5) is 36.1. The molecule has 0 saturated carbocycles. The number of benzene rings is 1. The summed E-state index contributed by atoms with van der Waals surface area (Å²) in [7, 11) is 0. The first-order valence-corrected chi connectivity index (χ1v) is 9.46. The molecule has 2 aromatic heterocycles. The van der Waals surface area contributed by atoms with E-state index in [-0.39, 0.29) is 23.0 Å². The number of carbonyl (C=O) groups is 1. The average Bonchev–Trinajstić information content (AvgIpc) is 3.29. The average molecular weight is 381 g/mol. The van der Waals surface area contributed by atoms with Crippen LogP contribution in [0.25, 0.3) is 22.6 Å². The third-order valence-corrected chi connectivity index (χ3v) is 5.10. The van der Waals surface area contributed by atoms with E-state index in [0.717, 1.165) is 18.4 Å². The molecule has 146 valence electrons. The van der Waals surface area contributed by atoms with Crippen molar-refractivity contribution in [1.29, 1.82) is 0 Å². The van der Waals surface area contributed by atoms with E-state index in [4.69, 9.17) is 10.5 Å². The van der Waals surface area contributed by atoms with E-state index >= 15 is 0 Å². The van der Waals surface area contributed by atoms with Crippen LogP contribution in [0.4, 0.5) is 0 Å². The van der Waals surface area contributed by atoms with Gasteiger partial charge in [-0.3, -0.25) is 9.36 Å². The second-order valence-electron chi connectivity index (χ2n) is 7.41. The molecule has 1 unspecified atom stereocenters. The number of carbonyl (C=O) groups excluding carboxylic acids is 1. The smallest absolute Gasteiger partial charge is 0.327 e. The van der Waals surface area contributed by atoms with E-state index in [1.165, 1.54) is 10.1 Å². The van der Waals surface area contributed by atoms with Crippen molar-refractivity contribution in [2.45, 2.75) is 45.3 Å². The summed E-state index contributed by atoms with van der Waals surface area (Å²) in [6.45, 7) is 5.30. The first-order valence-electron chi connectivity index (χ1n) is 9.46. The van der Waals surface area contributed by atoms with E-state index in [0.29, 0.717) is 30.5 Å². The molecular weight excluding hydrogens is 358 g/mol. The second-order valence-corrected chi connectivity index (χ2v) is 7.41. The normalized spacial score (nSPS) is 16.9. The van der Waals surface area contributed by atoms with Gasteiger partial charge in [0.05, 0.1) is 12.6 Å². The van der Waals surface area contributed by atoms with Crippen LogP contribution >= 0.6 is 0 Å². The number of ether oxygens (including phenoxy) is 1. The van der Waals surface area contributed by atoms with Crippen LogP contribution in [0, 0.1) is 0 Å². The molecule has 1 saturated heterocycles. The van der Waals surface area contributed by atoms with Gasteiger partial charge in [0.2, 0.25) is 0 Å². The van der Waals surface area contributed by atoms with E-state index in [1.807, 2.05) is 24.3 Å². The van der Waals surface area contributed by atoms with Gasteiger partial charge in [-0.1, -0.05) is 38.1 Å². The molecule has 1 aliphatic rings. The Morgan fingerprint density at radius 1 is 1.32 bits per heavy atom. The summed E-state index contributed by atoms with van der Waals surface area (Å²) in [5.74, 6) is 0.0505. The number of amides is 1. The van der Waals surface area contributed by atoms with Crippen molar-refractivity contribution in [3.05, 3.63) is 46.0 Å². The third kappa shape index (κ3) is 3.31. The van der Waals surface area contributed by atoms with Crippen molar-refractivity contribution < 1.29 is 9.53 Å². The zero-order valence-electron chi connectivity index (χ0n) is 15.9. The maximum Gasteiger partial charge on any atom is 0.327 e. The SMILES string of the molecule is CC(C)c1ccc(-c2nc(C(N)=O)c3[nH]c(=O)n(CC4CCCO4)c3n2)cc1. The molecular formula is C20H23N5O3. The van der Waals surface area contributed by atoms with Gasteiger partial charge in [0.25, 0.3) is 5.91 Å². The number of aromatic amines is 1. The summed E-state index contributed by atoms with van der Waals surface area (Å²) in [5, 5.41) is 0. The maximum absolute atomic E-state index is 12.5. The number of rotatable bonds is 5. The third-order valence-electron chi connectivity index (χ3n) is 5.10. The van der Waals surface area contributed by atoms with E-state index in [2.05, 4.69) is 28.8 Å². The molecule has 0 bridgehead atoms. The highest BCUT2D eigenvalue weighted by Gasteiger charge is 2.23. The second kappa shape index (κ2) is 7.20. The fourth-order valence-electron chi connectivity index (χ4n) is 3.52. The number of nitrogens with two attached hydrogens (primary N) is 1. The molecule has 28 heavy (non-hydrogen) atoms.